The van der Waals surface area contributed by atoms with Crippen molar-refractivity contribution in [2.75, 3.05) is 13.1 Å². The van der Waals surface area contributed by atoms with Crippen LogP contribution in [0, 0.1) is 0 Å². The maximum atomic E-state index is 12.1. The van der Waals surface area contributed by atoms with Gasteiger partial charge in [-0.25, -0.2) is 9.59 Å². The van der Waals surface area contributed by atoms with E-state index in [9.17, 15) is 14.7 Å². The summed E-state index contributed by atoms with van der Waals surface area (Å²) in [5.74, 6) is -1.03. The van der Waals surface area contributed by atoms with Gasteiger partial charge in [0.2, 0.25) is 0 Å². The number of carboxylic acids is 1. The van der Waals surface area contributed by atoms with Gasteiger partial charge in [-0.15, -0.1) is 0 Å². The van der Waals surface area contributed by atoms with Crippen molar-refractivity contribution in [3.8, 4) is 0 Å². The zero-order valence-electron chi connectivity index (χ0n) is 11.9. The fourth-order valence-corrected chi connectivity index (χ4v) is 2.48. The van der Waals surface area contributed by atoms with Crippen LogP contribution in [-0.2, 0) is 11.2 Å². The maximum absolute atomic E-state index is 12.1. The molecule has 21 heavy (non-hydrogen) atoms. The molecule has 1 heterocycles. The molecule has 6 heteroatoms. The van der Waals surface area contributed by atoms with E-state index in [-0.39, 0.29) is 18.5 Å². The molecule has 2 amide bonds. The van der Waals surface area contributed by atoms with E-state index in [1.165, 1.54) is 0 Å². The van der Waals surface area contributed by atoms with Crippen molar-refractivity contribution in [3.05, 3.63) is 35.9 Å². The molecule has 0 radical (unpaired) electrons. The number of rotatable bonds is 4. The second-order valence-electron chi connectivity index (χ2n) is 5.38. The van der Waals surface area contributed by atoms with E-state index in [4.69, 9.17) is 5.73 Å². The summed E-state index contributed by atoms with van der Waals surface area (Å²) in [4.78, 5) is 25.1. The summed E-state index contributed by atoms with van der Waals surface area (Å²) in [6.45, 7) is 1.10. The Balaban J connectivity index is 1.96. The molecule has 0 bridgehead atoms. The normalized spacial score (nSPS) is 19.9. The van der Waals surface area contributed by atoms with E-state index in [0.29, 0.717) is 13.1 Å². The fourth-order valence-electron chi connectivity index (χ4n) is 2.48. The van der Waals surface area contributed by atoms with E-state index in [1.54, 1.807) is 4.90 Å². The average Bonchev–Trinajstić information content (AvgIpc) is 2.47. The van der Waals surface area contributed by atoms with Gasteiger partial charge in [0.25, 0.3) is 0 Å². The molecule has 0 aliphatic carbocycles. The first-order valence-corrected chi connectivity index (χ1v) is 7.14. The summed E-state index contributed by atoms with van der Waals surface area (Å²) in [5, 5.41) is 11.9. The molecule has 6 nitrogen and oxygen atoms in total. The first kappa shape index (κ1) is 15.3. The lowest BCUT2D eigenvalue weighted by molar-refractivity contribution is -0.139. The first-order valence-electron chi connectivity index (χ1n) is 7.14. The van der Waals surface area contributed by atoms with Crippen LogP contribution in [0.3, 0.4) is 0 Å². The number of aliphatic carboxylic acids is 1. The smallest absolute Gasteiger partial charge is 0.326 e. The van der Waals surface area contributed by atoms with Crippen LogP contribution in [0.15, 0.2) is 30.3 Å². The van der Waals surface area contributed by atoms with Crippen molar-refractivity contribution in [3.63, 3.8) is 0 Å². The highest BCUT2D eigenvalue weighted by Crippen LogP contribution is 2.09. The van der Waals surface area contributed by atoms with Crippen LogP contribution in [0.25, 0.3) is 0 Å². The van der Waals surface area contributed by atoms with Gasteiger partial charge in [-0.1, -0.05) is 30.3 Å². The number of carboxylic acid groups (broad SMARTS) is 1. The number of carbonyl (C=O) groups is 2. The lowest BCUT2D eigenvalue weighted by atomic mass is 10.1. The number of nitrogens with two attached hydrogens (primary N) is 1. The molecular weight excluding hydrogens is 270 g/mol. The third-order valence-corrected chi connectivity index (χ3v) is 3.62. The van der Waals surface area contributed by atoms with Gasteiger partial charge in [0.15, 0.2) is 0 Å². The Morgan fingerprint density at radius 3 is 2.71 bits per heavy atom. The van der Waals surface area contributed by atoms with E-state index < -0.39 is 12.0 Å². The number of nitrogens with one attached hydrogen (secondary N) is 1. The first-order chi connectivity index (χ1) is 10.1. The number of urea groups is 1. The van der Waals surface area contributed by atoms with Gasteiger partial charge in [0, 0.05) is 25.6 Å². The van der Waals surface area contributed by atoms with Crippen molar-refractivity contribution in [2.24, 2.45) is 5.73 Å². The lowest BCUT2D eigenvalue weighted by Gasteiger charge is -2.31. The molecule has 0 saturated carbocycles. The molecule has 2 rings (SSSR count). The third-order valence-electron chi connectivity index (χ3n) is 3.62. The lowest BCUT2D eigenvalue weighted by Crippen LogP contribution is -2.53. The minimum atomic E-state index is -1.03. The molecule has 1 unspecified atom stereocenters. The molecule has 0 aromatic heterocycles. The molecule has 1 aromatic rings. The van der Waals surface area contributed by atoms with Crippen LogP contribution in [0.2, 0.25) is 0 Å². The zero-order valence-corrected chi connectivity index (χ0v) is 11.9. The van der Waals surface area contributed by atoms with Crippen LogP contribution < -0.4 is 11.1 Å². The average molecular weight is 291 g/mol. The molecule has 1 saturated heterocycles. The number of nitrogens with zero attached hydrogens (tertiary/aromatic N) is 1. The van der Waals surface area contributed by atoms with Gasteiger partial charge in [-0.2, -0.15) is 0 Å². The largest absolute Gasteiger partial charge is 0.480 e. The van der Waals surface area contributed by atoms with Gasteiger partial charge in [0.05, 0.1) is 0 Å². The topological polar surface area (TPSA) is 95.7 Å². The van der Waals surface area contributed by atoms with Crippen LogP contribution in [0.4, 0.5) is 4.79 Å². The van der Waals surface area contributed by atoms with E-state index >= 15 is 0 Å². The van der Waals surface area contributed by atoms with Gasteiger partial charge in [-0.3, -0.25) is 0 Å². The molecule has 0 spiro atoms. The Labute approximate surface area is 123 Å². The van der Waals surface area contributed by atoms with E-state index in [2.05, 4.69) is 5.32 Å². The highest BCUT2D eigenvalue weighted by Gasteiger charge is 2.26. The van der Waals surface area contributed by atoms with E-state index in [1.807, 2.05) is 30.3 Å². The standard InChI is InChI=1S/C15H21N3O3/c16-12-7-4-8-18(10-12)15(21)17-13(14(19)20)9-11-5-2-1-3-6-11/h1-3,5-6,12-13H,4,7-10,16H2,(H,17,21)(H,19,20)/t12?,13-/m1/s1. The summed E-state index contributed by atoms with van der Waals surface area (Å²) >= 11 is 0. The van der Waals surface area contributed by atoms with Crippen LogP contribution in [-0.4, -0.2) is 47.2 Å². The number of piperidine rings is 1. The van der Waals surface area contributed by atoms with Crippen molar-refractivity contribution in [1.82, 2.24) is 10.2 Å². The van der Waals surface area contributed by atoms with Gasteiger partial charge in [-0.05, 0) is 18.4 Å². The predicted octanol–water partition coefficient (Wildman–Crippen LogP) is 0.815. The number of hydrogen-bond acceptors (Lipinski definition) is 3. The summed E-state index contributed by atoms with van der Waals surface area (Å²) < 4.78 is 0. The third kappa shape index (κ3) is 4.46. The minimum absolute atomic E-state index is 0.0260. The predicted molar refractivity (Wildman–Crippen MR) is 78.9 cm³/mol. The van der Waals surface area contributed by atoms with Crippen LogP contribution in [0.5, 0.6) is 0 Å². The monoisotopic (exact) mass is 291 g/mol. The number of likely N-dealkylation sites (tertiary alicyclic amines) is 1. The fraction of sp³-hybridized carbons (Fsp3) is 0.467. The number of amides is 2. The molecule has 1 aliphatic heterocycles. The summed E-state index contributed by atoms with van der Waals surface area (Å²) in [6, 6.07) is 7.94. The summed E-state index contributed by atoms with van der Waals surface area (Å²) in [6.07, 6.45) is 2.02. The van der Waals surface area contributed by atoms with Gasteiger partial charge < -0.3 is 21.1 Å². The molecule has 1 aromatic carbocycles. The van der Waals surface area contributed by atoms with E-state index in [0.717, 1.165) is 18.4 Å². The Bertz CT molecular complexity index is 492. The summed E-state index contributed by atoms with van der Waals surface area (Å²) in [5.41, 5.74) is 6.71. The molecule has 114 valence electrons. The SMILES string of the molecule is NC1CCCN(C(=O)N[C@H](Cc2ccccc2)C(=O)O)C1. The zero-order chi connectivity index (χ0) is 15.2. The second-order valence-corrected chi connectivity index (χ2v) is 5.38. The van der Waals surface area contributed by atoms with Gasteiger partial charge >= 0.3 is 12.0 Å². The van der Waals surface area contributed by atoms with Crippen LogP contribution >= 0.6 is 0 Å². The molecule has 2 atom stereocenters. The second kappa shape index (κ2) is 7.08. The van der Waals surface area contributed by atoms with Crippen LogP contribution in [0.1, 0.15) is 18.4 Å². The Morgan fingerprint density at radius 2 is 2.10 bits per heavy atom. The molecule has 1 aliphatic rings. The van der Waals surface area contributed by atoms with Crippen molar-refractivity contribution in [2.45, 2.75) is 31.3 Å². The van der Waals surface area contributed by atoms with Crippen molar-refractivity contribution >= 4 is 12.0 Å². The quantitative estimate of drug-likeness (QED) is 0.765. The molecular formula is C15H21N3O3. The number of hydrogen-bond donors (Lipinski definition) is 3. The Hall–Kier alpha value is -2.08. The highest BCUT2D eigenvalue weighted by atomic mass is 16.4. The number of benzene rings is 1. The maximum Gasteiger partial charge on any atom is 0.326 e. The molecule has 4 N–H and O–H groups in total. The summed E-state index contributed by atoms with van der Waals surface area (Å²) in [7, 11) is 0. The minimum Gasteiger partial charge on any atom is -0.480 e. The van der Waals surface area contributed by atoms with Crippen molar-refractivity contribution in [1.29, 1.82) is 0 Å². The Kier molecular flexibility index (Phi) is 5.16. The van der Waals surface area contributed by atoms with Crippen molar-refractivity contribution < 1.29 is 14.7 Å². The highest BCUT2D eigenvalue weighted by molar-refractivity contribution is 5.82. The van der Waals surface area contributed by atoms with Gasteiger partial charge in [0.1, 0.15) is 6.04 Å². The Morgan fingerprint density at radius 1 is 1.38 bits per heavy atom. The number of carbonyl (C=O) groups excluding carboxylic acids is 1. The molecule has 1 fully saturated rings.